The lowest BCUT2D eigenvalue weighted by atomic mass is 9.99. The summed E-state index contributed by atoms with van der Waals surface area (Å²) in [5.74, 6) is -0.186. The Morgan fingerprint density at radius 1 is 0.410 bits per heavy atom. The summed E-state index contributed by atoms with van der Waals surface area (Å²) >= 11 is 0. The monoisotopic (exact) mass is 1170 g/mol. The minimum absolute atomic E-state index is 0.186. The van der Waals surface area contributed by atoms with E-state index in [-0.39, 0.29) is 12.5 Å². The number of allylic oxidation sites excluding steroid dienone is 11. The van der Waals surface area contributed by atoms with Crippen LogP contribution in [-0.4, -0.2) is 87.5 Å². The van der Waals surface area contributed by atoms with E-state index in [2.05, 4.69) is 79.9 Å². The Labute approximate surface area is 512 Å². The summed E-state index contributed by atoms with van der Waals surface area (Å²) in [5, 5.41) is 54.7. The molecule has 6 N–H and O–H groups in total. The number of hydrogen-bond donors (Lipinski definition) is 6. The molecule has 1 heterocycles. The fraction of sp³-hybridized carbons (Fsp3) is 0.824. The van der Waals surface area contributed by atoms with E-state index in [0.717, 1.165) is 57.8 Å². The highest BCUT2D eigenvalue weighted by atomic mass is 16.7. The second kappa shape index (κ2) is 62.7. The Morgan fingerprint density at radius 2 is 0.723 bits per heavy atom. The highest BCUT2D eigenvalue weighted by molar-refractivity contribution is 5.76. The number of rotatable bonds is 62. The van der Waals surface area contributed by atoms with E-state index in [0.29, 0.717) is 6.42 Å². The molecule has 0 aromatic carbocycles. The fourth-order valence-corrected chi connectivity index (χ4v) is 11.1. The summed E-state index contributed by atoms with van der Waals surface area (Å²) in [6.45, 7) is 3.78. The molecule has 7 atom stereocenters. The zero-order chi connectivity index (χ0) is 60.0. The van der Waals surface area contributed by atoms with E-state index in [1.807, 2.05) is 6.08 Å². The number of aliphatic hydroxyl groups is 5. The fourth-order valence-electron chi connectivity index (χ4n) is 11.1. The summed E-state index contributed by atoms with van der Waals surface area (Å²) in [6, 6.07) is -0.831. The van der Waals surface area contributed by atoms with E-state index in [1.165, 1.54) is 257 Å². The van der Waals surface area contributed by atoms with Crippen molar-refractivity contribution in [1.29, 1.82) is 0 Å². The molecule has 0 radical (unpaired) electrons. The van der Waals surface area contributed by atoms with Gasteiger partial charge in [0.15, 0.2) is 6.29 Å². The molecular weight excluding hydrogens is 1030 g/mol. The van der Waals surface area contributed by atoms with Crippen molar-refractivity contribution in [3.8, 4) is 0 Å². The van der Waals surface area contributed by atoms with E-state index >= 15 is 0 Å². The average molecular weight is 1170 g/mol. The smallest absolute Gasteiger partial charge is 0.220 e. The van der Waals surface area contributed by atoms with Crippen LogP contribution in [0.2, 0.25) is 0 Å². The third-order valence-electron chi connectivity index (χ3n) is 16.7. The van der Waals surface area contributed by atoms with Gasteiger partial charge in [-0.15, -0.1) is 0 Å². The summed E-state index contributed by atoms with van der Waals surface area (Å²) in [5.41, 5.74) is 0. The summed E-state index contributed by atoms with van der Waals surface area (Å²) in [7, 11) is 0. The van der Waals surface area contributed by atoms with Crippen molar-refractivity contribution in [2.45, 2.75) is 378 Å². The number of nitrogens with one attached hydrogen (secondary N) is 1. The predicted octanol–water partition coefficient (Wildman–Crippen LogP) is 19.5. The molecular formula is C74H135NO8. The average Bonchev–Trinajstić information content (AvgIpc) is 3.60. The van der Waals surface area contributed by atoms with Crippen molar-refractivity contribution >= 4 is 5.91 Å². The summed E-state index contributed by atoms with van der Waals surface area (Å²) in [4.78, 5) is 13.1. The number of carbonyl (C=O) groups excluding carboxylic acids is 1. The Morgan fingerprint density at radius 3 is 1.10 bits per heavy atom. The molecule has 1 fully saturated rings. The van der Waals surface area contributed by atoms with Crippen LogP contribution in [0.1, 0.15) is 335 Å². The van der Waals surface area contributed by atoms with Gasteiger partial charge in [-0.3, -0.25) is 4.79 Å². The van der Waals surface area contributed by atoms with Gasteiger partial charge in [0.1, 0.15) is 24.4 Å². The molecule has 484 valence electrons. The molecule has 0 saturated carbocycles. The van der Waals surface area contributed by atoms with Gasteiger partial charge in [-0.05, 0) is 83.5 Å². The molecule has 0 aromatic rings. The van der Waals surface area contributed by atoms with Gasteiger partial charge in [0, 0.05) is 6.42 Å². The molecule has 83 heavy (non-hydrogen) atoms. The third-order valence-corrected chi connectivity index (χ3v) is 16.7. The van der Waals surface area contributed by atoms with Gasteiger partial charge in [0.05, 0.1) is 25.4 Å². The molecule has 0 bridgehead atoms. The second-order valence-corrected chi connectivity index (χ2v) is 24.7. The maximum Gasteiger partial charge on any atom is 0.220 e. The lowest BCUT2D eigenvalue weighted by Crippen LogP contribution is -2.60. The second-order valence-electron chi connectivity index (χ2n) is 24.7. The van der Waals surface area contributed by atoms with Crippen molar-refractivity contribution in [3.05, 3.63) is 72.9 Å². The van der Waals surface area contributed by atoms with Crippen molar-refractivity contribution < 1.29 is 39.8 Å². The zero-order valence-electron chi connectivity index (χ0n) is 54.2. The number of unbranched alkanes of at least 4 members (excludes halogenated alkanes) is 42. The zero-order valence-corrected chi connectivity index (χ0v) is 54.2. The topological polar surface area (TPSA) is 149 Å². The molecule has 1 saturated heterocycles. The standard InChI is InChI=1S/C74H135NO8/c1-3-5-7-9-11-13-15-17-19-21-23-25-27-28-29-30-31-32-33-34-35-36-37-38-39-40-42-44-46-48-50-52-54-56-58-60-62-64-70(78)75-67(66-82-74-73(81)72(80)71(79)69(65-76)83-74)68(77)63-61-59-57-55-53-51-49-47-45-43-41-26-24-22-20-18-16-14-12-10-8-6-4-2/h15,17,21,23,27-28,45,47,53,55,61,63,67-69,71-74,76-77,79-81H,3-14,16,18-20,22,24-26,29-44,46,48-52,54,56-60,62,64-66H2,1-2H3,(H,75,78)/b17-15-,23-21-,28-27-,47-45+,55-53+,63-61+. The number of carbonyl (C=O) groups is 1. The number of ether oxygens (including phenoxy) is 2. The lowest BCUT2D eigenvalue weighted by Gasteiger charge is -2.40. The van der Waals surface area contributed by atoms with Crippen LogP contribution in [0.3, 0.4) is 0 Å². The molecule has 1 aliphatic rings. The van der Waals surface area contributed by atoms with Gasteiger partial charge in [0.25, 0.3) is 0 Å². The van der Waals surface area contributed by atoms with Crippen LogP contribution >= 0.6 is 0 Å². The van der Waals surface area contributed by atoms with Crippen LogP contribution in [0.4, 0.5) is 0 Å². The lowest BCUT2D eigenvalue weighted by molar-refractivity contribution is -0.302. The maximum atomic E-state index is 13.1. The van der Waals surface area contributed by atoms with E-state index < -0.39 is 49.5 Å². The van der Waals surface area contributed by atoms with E-state index in [1.54, 1.807) is 6.08 Å². The van der Waals surface area contributed by atoms with Gasteiger partial charge >= 0.3 is 0 Å². The molecule has 1 amide bonds. The first kappa shape index (κ1) is 78.6. The predicted molar refractivity (Wildman–Crippen MR) is 355 cm³/mol. The quantitative estimate of drug-likeness (QED) is 0.0261. The van der Waals surface area contributed by atoms with Crippen molar-refractivity contribution in [1.82, 2.24) is 5.32 Å². The van der Waals surface area contributed by atoms with Crippen molar-refractivity contribution in [2.75, 3.05) is 13.2 Å². The van der Waals surface area contributed by atoms with Crippen LogP contribution in [0.5, 0.6) is 0 Å². The Kier molecular flexibility index (Phi) is 59.4. The van der Waals surface area contributed by atoms with E-state index in [9.17, 15) is 30.3 Å². The number of hydrogen-bond acceptors (Lipinski definition) is 8. The SMILES string of the molecule is CCCCCCC/C=C\C/C=C\C/C=C\CCCCCCCCCCCCCCCCCCCCCCCCC(=O)NC(COC1OC(CO)C(O)C(O)C1O)C(O)/C=C/CC/C=C/CC/C=C/CCCCCCCCCCCCCCC. The van der Waals surface area contributed by atoms with Crippen LogP contribution < -0.4 is 5.32 Å². The molecule has 0 aromatic heterocycles. The minimum atomic E-state index is -1.58. The van der Waals surface area contributed by atoms with Crippen LogP contribution in [-0.2, 0) is 14.3 Å². The first-order valence-electron chi connectivity index (χ1n) is 35.7. The molecule has 0 spiro atoms. The van der Waals surface area contributed by atoms with Gasteiger partial charge in [0.2, 0.25) is 5.91 Å². The first-order chi connectivity index (χ1) is 40.8. The highest BCUT2D eigenvalue weighted by Gasteiger charge is 2.44. The maximum absolute atomic E-state index is 13.1. The molecule has 0 aliphatic carbocycles. The Balaban J connectivity index is 2.11. The summed E-state index contributed by atoms with van der Waals surface area (Å²) < 4.78 is 11.3. The normalized spacial score (nSPS) is 18.7. The van der Waals surface area contributed by atoms with Crippen LogP contribution in [0, 0.1) is 0 Å². The van der Waals surface area contributed by atoms with Gasteiger partial charge in [-0.1, -0.05) is 318 Å². The number of aliphatic hydroxyl groups excluding tert-OH is 5. The van der Waals surface area contributed by atoms with Gasteiger partial charge < -0.3 is 40.3 Å². The highest BCUT2D eigenvalue weighted by Crippen LogP contribution is 2.23. The molecule has 1 rings (SSSR count). The van der Waals surface area contributed by atoms with E-state index in [4.69, 9.17) is 9.47 Å². The molecule has 1 aliphatic heterocycles. The Hall–Kier alpha value is -2.37. The number of amides is 1. The van der Waals surface area contributed by atoms with Crippen molar-refractivity contribution in [2.24, 2.45) is 0 Å². The first-order valence-corrected chi connectivity index (χ1v) is 35.7. The summed E-state index contributed by atoms with van der Waals surface area (Å²) in [6.07, 6.45) is 81.6. The van der Waals surface area contributed by atoms with Crippen LogP contribution in [0.15, 0.2) is 72.9 Å². The van der Waals surface area contributed by atoms with Gasteiger partial charge in [-0.2, -0.15) is 0 Å². The minimum Gasteiger partial charge on any atom is -0.394 e. The Bertz CT molecular complexity index is 1540. The van der Waals surface area contributed by atoms with Crippen molar-refractivity contribution in [3.63, 3.8) is 0 Å². The molecule has 9 heteroatoms. The van der Waals surface area contributed by atoms with Gasteiger partial charge in [-0.25, -0.2) is 0 Å². The molecule has 9 nitrogen and oxygen atoms in total. The third kappa shape index (κ3) is 51.4. The molecule has 7 unspecified atom stereocenters. The largest absolute Gasteiger partial charge is 0.394 e. The van der Waals surface area contributed by atoms with Crippen LogP contribution in [0.25, 0.3) is 0 Å².